The number of hydrogen-bond donors (Lipinski definition) is 36. The smallest absolute Gasteiger partial charge is 0.326 e. The minimum Gasteiger partial charge on any atom is -0.481 e. The summed E-state index contributed by atoms with van der Waals surface area (Å²) < 4.78 is 0. The molecule has 0 bridgehead atoms. The molecule has 150 heavy (non-hydrogen) atoms. The number of guanidine groups is 2. The summed E-state index contributed by atoms with van der Waals surface area (Å²) in [5.74, 6) is -29.6. The quantitative estimate of drug-likeness (QED) is 0.0166. The van der Waals surface area contributed by atoms with Crippen molar-refractivity contribution in [2.24, 2.45) is 46.2 Å². The molecular weight excluding hydrogens is 1980 g/mol. The van der Waals surface area contributed by atoms with Crippen LogP contribution in [0.2, 0.25) is 0 Å². The second-order valence-electron chi connectivity index (χ2n) is 35.8. The van der Waals surface area contributed by atoms with E-state index in [1.54, 1.807) is 58.0 Å². The van der Waals surface area contributed by atoms with Crippen LogP contribution in [-0.4, -0.2) is 356 Å². The number of primary amides is 2. The minimum absolute atomic E-state index is 0.0103. The highest BCUT2D eigenvalue weighted by atomic mass is 16.4. The van der Waals surface area contributed by atoms with E-state index in [2.05, 4.69) is 122 Å². The number of aliphatic hydroxyl groups is 3. The van der Waals surface area contributed by atoms with E-state index in [0.29, 0.717) is 5.56 Å². The zero-order chi connectivity index (χ0) is 113. The monoisotopic (exact) mass is 2130 g/mol. The molecule has 0 aliphatic rings. The molecule has 0 saturated heterocycles. The molecule has 2 aromatic rings. The van der Waals surface area contributed by atoms with Crippen LogP contribution in [0.25, 0.3) is 0 Å². The summed E-state index contributed by atoms with van der Waals surface area (Å²) in [7, 11) is 0. The van der Waals surface area contributed by atoms with E-state index in [4.69, 9.17) is 45.2 Å². The van der Waals surface area contributed by atoms with E-state index in [1.807, 2.05) is 0 Å². The molecule has 61 nitrogen and oxygen atoms in total. The molecule has 18 atom stereocenters. The zero-order valence-corrected chi connectivity index (χ0v) is 84.4. The van der Waals surface area contributed by atoms with E-state index in [-0.39, 0.29) is 95.5 Å². The summed E-state index contributed by atoms with van der Waals surface area (Å²) in [5.41, 5.74) is 33.8. The summed E-state index contributed by atoms with van der Waals surface area (Å²) >= 11 is 0. The predicted octanol–water partition coefficient (Wildman–Crippen LogP) is -14.2. The first-order valence-electron chi connectivity index (χ1n) is 47.9. The number of aromatic amines is 1. The maximum Gasteiger partial charge on any atom is 0.326 e. The fourth-order valence-electron chi connectivity index (χ4n) is 14.0. The third-order valence-corrected chi connectivity index (χ3v) is 21.9. The van der Waals surface area contributed by atoms with Gasteiger partial charge in [-0.05, 0) is 129 Å². The van der Waals surface area contributed by atoms with Crippen LogP contribution in [0.4, 0.5) is 0 Å². The zero-order valence-electron chi connectivity index (χ0n) is 84.4. The van der Waals surface area contributed by atoms with Crippen molar-refractivity contribution in [1.29, 1.82) is 10.8 Å². The van der Waals surface area contributed by atoms with Crippen LogP contribution >= 0.6 is 0 Å². The third-order valence-electron chi connectivity index (χ3n) is 21.9. The molecule has 0 spiro atoms. The van der Waals surface area contributed by atoms with Gasteiger partial charge in [0.05, 0.1) is 63.4 Å². The molecule has 0 saturated carbocycles. The molecule has 0 aliphatic carbocycles. The SMILES string of the molecule is CC(C)C[C@H](NC(=O)[C@H](CCC(=O)O)NC(=O)[C@H](CC(N)=O)NC(=O)[C@H](CCC(N)=O)NC(=O)[C@H](CC(C)C)NC(=O)[C@H](C)NC(=O)CNC(=O)CNC(=O)[C@H](CCC(=O)O)NC(=O)[C@H](CCCCN)NC(=O)[C@@H](NC(=O)[C@H](CCCNC(=N)N)NC(=O)[C@H](CCCNC(=N)N)NC(=O)[C@H](Cc1c[nH]cn1)NC(=O)[C@H](CO)NC(=O)[C@@H](NC(=O)[C@H](C)NC(=O)CNC(=O)[C@H](Cc1ccccc1)NC(=O)CN)[C@@H](C)O)[C@@H](C)O)C(=O)O. The van der Waals surface area contributed by atoms with Crippen molar-refractivity contribution < 1.29 is 146 Å². The van der Waals surface area contributed by atoms with E-state index < -0.39 is 353 Å². The normalized spacial score (nSPS) is 14.6. The Morgan fingerprint density at radius 2 is 0.713 bits per heavy atom. The maximum atomic E-state index is 14.8. The number of unbranched alkanes of at least 4 members (excludes halogenated alkanes) is 1. The number of carboxylic acids is 3. The van der Waals surface area contributed by atoms with Gasteiger partial charge in [-0.3, -0.25) is 121 Å². The number of hydrogen-bond acceptors (Lipinski definition) is 32. The topological polar surface area (TPSA) is 1020 Å². The Kier molecular flexibility index (Phi) is 59.4. The largest absolute Gasteiger partial charge is 0.481 e. The number of amides is 21. The average Bonchev–Trinajstić information content (AvgIpc) is 1.20. The fraction of sp³-hybridized carbons (Fsp3) is 0.607. The number of carbonyl (C=O) groups excluding carboxylic acids is 21. The number of aromatic nitrogens is 2. The lowest BCUT2D eigenvalue weighted by molar-refractivity contribution is -0.143. The summed E-state index contributed by atoms with van der Waals surface area (Å²) in [6, 6.07) is -19.0. The lowest BCUT2D eigenvalue weighted by Gasteiger charge is -2.29. The van der Waals surface area contributed by atoms with Crippen LogP contribution in [0.1, 0.15) is 169 Å². The van der Waals surface area contributed by atoms with Crippen molar-refractivity contribution in [3.8, 4) is 0 Å². The molecule has 1 heterocycles. The molecule has 2 rings (SSSR count). The van der Waals surface area contributed by atoms with Crippen molar-refractivity contribution in [2.75, 3.05) is 52.4 Å². The van der Waals surface area contributed by atoms with Crippen molar-refractivity contribution in [2.45, 2.75) is 280 Å². The molecule has 21 amide bonds. The summed E-state index contributed by atoms with van der Waals surface area (Å²) in [5, 5.41) is 126. The molecule has 61 heteroatoms. The minimum atomic E-state index is -2.04. The van der Waals surface area contributed by atoms with E-state index in [1.165, 1.54) is 19.4 Å². The average molecular weight is 2130 g/mol. The van der Waals surface area contributed by atoms with Crippen molar-refractivity contribution in [1.82, 2.24) is 122 Å². The number of nitrogens with two attached hydrogens (primary N) is 6. The number of aliphatic hydroxyl groups excluding tert-OH is 3. The van der Waals surface area contributed by atoms with E-state index in [9.17, 15) is 146 Å². The van der Waals surface area contributed by atoms with Gasteiger partial charge in [-0.2, -0.15) is 0 Å². The molecule has 0 fully saturated rings. The molecule has 0 radical (unpaired) electrons. The first-order valence-corrected chi connectivity index (χ1v) is 47.9. The summed E-state index contributed by atoms with van der Waals surface area (Å²) in [6.45, 7) is 6.48. The highest BCUT2D eigenvalue weighted by Gasteiger charge is 2.41. The first-order chi connectivity index (χ1) is 70.5. The summed E-state index contributed by atoms with van der Waals surface area (Å²) in [6.07, 6.45) is -7.87. The number of aliphatic carboxylic acids is 3. The Labute approximate surface area is 861 Å². The van der Waals surface area contributed by atoms with Gasteiger partial charge >= 0.3 is 17.9 Å². The highest BCUT2D eigenvalue weighted by Crippen LogP contribution is 2.16. The number of nitrogens with one attached hydrogen (secondary N) is 24. The lowest BCUT2D eigenvalue weighted by Crippen LogP contribution is -2.62. The van der Waals surface area contributed by atoms with Gasteiger partial charge in [0.2, 0.25) is 124 Å². The van der Waals surface area contributed by atoms with Crippen LogP contribution < -0.4 is 146 Å². The number of nitrogens with zero attached hydrogens (tertiary/aromatic N) is 1. The number of carbonyl (C=O) groups is 24. The van der Waals surface area contributed by atoms with Gasteiger partial charge in [0.15, 0.2) is 11.9 Å². The Balaban J connectivity index is 2.41. The van der Waals surface area contributed by atoms with Gasteiger partial charge in [0, 0.05) is 51.4 Å². The van der Waals surface area contributed by atoms with Crippen LogP contribution in [0.5, 0.6) is 0 Å². The third kappa shape index (κ3) is 52.4. The Hall–Kier alpha value is -15.9. The number of rotatable bonds is 73. The predicted molar refractivity (Wildman–Crippen MR) is 527 cm³/mol. The molecule has 1 aromatic carbocycles. The number of imidazole rings is 1. The highest BCUT2D eigenvalue weighted by molar-refractivity contribution is 6.02. The summed E-state index contributed by atoms with van der Waals surface area (Å²) in [4.78, 5) is 329. The number of H-pyrrole nitrogens is 1. The van der Waals surface area contributed by atoms with Crippen molar-refractivity contribution >= 4 is 154 Å². The van der Waals surface area contributed by atoms with E-state index in [0.717, 1.165) is 20.8 Å². The van der Waals surface area contributed by atoms with Gasteiger partial charge in [-0.1, -0.05) is 58.0 Å². The maximum absolute atomic E-state index is 14.8. The first kappa shape index (κ1) is 130. The number of carboxylic acid groups (broad SMARTS) is 3. The number of benzene rings is 1. The van der Waals surface area contributed by atoms with Gasteiger partial charge in [0.25, 0.3) is 0 Å². The van der Waals surface area contributed by atoms with Gasteiger partial charge in [0.1, 0.15) is 96.7 Å². The Morgan fingerprint density at radius 1 is 0.353 bits per heavy atom. The second kappa shape index (κ2) is 68.5. The molecule has 0 unspecified atom stereocenters. The standard InChI is InChI=1S/C89H145N31O30/c1-42(2)30-56(81(143)111-54(21-24-62(92)124)78(140)116-59(34-63(93)125)83(145)112-55(23-26-69(132)133)79(141)117-60(87(149)150)31-43(3)4)114-72(134)44(5)105-66(128)38-101-65(127)37-102-74(136)53(22-25-68(130)131)110-76(138)50(18-12-13-27-90)113-85(147)71(47(8)123)120-80(142)52(20-15-29-100-89(96)97)108-77(139)51(19-14-28-99-88(94)95)109-82(144)58(33-49-36-98-41-104-49)115-84(146)61(40-121)118-86(148)70(46(7)122)119-73(135)45(6)106-67(129)39-103-75(137)57(107-64(126)35-91)32-48-16-10-9-11-17-48/h9-11,16-17,36,41-47,50-61,70-71,121-123H,12-15,18-35,37-40,90-91H2,1-8H3,(H2,92,124)(H2,93,125)(H,98,104)(H,101,127)(H,102,136)(H,103,137)(H,105,128)(H,106,129)(H,107,126)(H,108,139)(H,109,144)(H,110,138)(H,111,143)(H,112,145)(H,113,147)(H,114,134)(H,115,146)(H,116,140)(H,117,141)(H,118,148)(H,119,135)(H,120,142)(H,130,131)(H,132,133)(H,149,150)(H4,94,95,99)(H4,96,97,100)/t44-,45-,46+,47+,50-,51-,52-,53-,54-,55-,56-,57-,58-,59-,60-,61-,70-,71-/m0/s1. The molecule has 0 aliphatic heterocycles. The molecular formula is C89H145N31O30. The molecule has 42 N–H and O–H groups in total. The van der Waals surface area contributed by atoms with Gasteiger partial charge in [-0.25, -0.2) is 9.78 Å². The van der Waals surface area contributed by atoms with Crippen LogP contribution in [0.15, 0.2) is 42.9 Å². The Morgan fingerprint density at radius 3 is 1.14 bits per heavy atom. The lowest BCUT2D eigenvalue weighted by atomic mass is 10.0. The van der Waals surface area contributed by atoms with E-state index >= 15 is 0 Å². The van der Waals surface area contributed by atoms with Crippen LogP contribution in [0.3, 0.4) is 0 Å². The second-order valence-corrected chi connectivity index (χ2v) is 35.8. The molecule has 1 aromatic heterocycles. The van der Waals surface area contributed by atoms with Crippen LogP contribution in [-0.2, 0) is 128 Å². The van der Waals surface area contributed by atoms with Gasteiger partial charge < -0.3 is 182 Å². The van der Waals surface area contributed by atoms with Gasteiger partial charge in [-0.15, -0.1) is 0 Å². The van der Waals surface area contributed by atoms with Crippen molar-refractivity contribution in [3.63, 3.8) is 0 Å². The van der Waals surface area contributed by atoms with Crippen LogP contribution in [0, 0.1) is 22.7 Å². The van der Waals surface area contributed by atoms with Crippen molar-refractivity contribution in [3.05, 3.63) is 54.1 Å². The fourth-order valence-corrected chi connectivity index (χ4v) is 14.0. The Bertz CT molecular complexity index is 4940. The molecule has 836 valence electrons.